The number of ether oxygens (including phenoxy) is 1. The Bertz CT molecular complexity index is 297. The Balaban J connectivity index is 2.13. The lowest BCUT2D eigenvalue weighted by atomic mass is 9.99. The van der Waals surface area contributed by atoms with Crippen molar-refractivity contribution in [2.45, 2.75) is 18.8 Å². The zero-order chi connectivity index (χ0) is 9.80. The van der Waals surface area contributed by atoms with Crippen LogP contribution in [0.3, 0.4) is 0 Å². The van der Waals surface area contributed by atoms with E-state index in [1.165, 1.54) is 0 Å². The second-order valence-corrected chi connectivity index (χ2v) is 3.44. The molecule has 0 bridgehead atoms. The van der Waals surface area contributed by atoms with E-state index in [0.29, 0.717) is 5.92 Å². The molecule has 1 aromatic rings. The minimum atomic E-state index is 0.469. The van der Waals surface area contributed by atoms with Crippen molar-refractivity contribution >= 4 is 5.82 Å². The molecule has 0 spiro atoms. The summed E-state index contributed by atoms with van der Waals surface area (Å²) < 4.78 is 5.31. The molecule has 76 valence electrons. The van der Waals surface area contributed by atoms with E-state index < -0.39 is 0 Å². The van der Waals surface area contributed by atoms with Crippen LogP contribution in [0.1, 0.15) is 24.6 Å². The summed E-state index contributed by atoms with van der Waals surface area (Å²) in [5.74, 6) is 2.30. The van der Waals surface area contributed by atoms with Crippen molar-refractivity contribution in [3.63, 3.8) is 0 Å². The molecule has 0 saturated carbocycles. The number of hydrogen-bond donors (Lipinski definition) is 1. The Kier molecular flexibility index (Phi) is 2.93. The van der Waals surface area contributed by atoms with Crippen molar-refractivity contribution in [3.8, 4) is 0 Å². The third kappa shape index (κ3) is 2.01. The highest BCUT2D eigenvalue weighted by atomic mass is 16.5. The molecule has 0 amide bonds. The summed E-state index contributed by atoms with van der Waals surface area (Å²) in [4.78, 5) is 8.74. The van der Waals surface area contributed by atoms with Crippen LogP contribution in [-0.2, 0) is 4.74 Å². The molecule has 1 fully saturated rings. The van der Waals surface area contributed by atoms with Crippen molar-refractivity contribution in [2.75, 3.05) is 25.6 Å². The van der Waals surface area contributed by atoms with Crippen LogP contribution >= 0.6 is 0 Å². The Labute approximate surface area is 83.7 Å². The van der Waals surface area contributed by atoms with Gasteiger partial charge in [-0.25, -0.2) is 9.97 Å². The van der Waals surface area contributed by atoms with Gasteiger partial charge in [-0.3, -0.25) is 0 Å². The van der Waals surface area contributed by atoms with Crippen LogP contribution in [0.25, 0.3) is 0 Å². The smallest absolute Gasteiger partial charge is 0.133 e. The SMILES string of the molecule is CNc1ccnc(C2CCOCC2)n1. The van der Waals surface area contributed by atoms with Crippen LogP contribution in [0, 0.1) is 0 Å². The van der Waals surface area contributed by atoms with Crippen molar-refractivity contribution in [1.82, 2.24) is 9.97 Å². The van der Waals surface area contributed by atoms with Crippen LogP contribution < -0.4 is 5.32 Å². The molecule has 14 heavy (non-hydrogen) atoms. The van der Waals surface area contributed by atoms with Crippen LogP contribution in [0.15, 0.2) is 12.3 Å². The highest BCUT2D eigenvalue weighted by Crippen LogP contribution is 2.24. The lowest BCUT2D eigenvalue weighted by molar-refractivity contribution is 0.0836. The zero-order valence-electron chi connectivity index (χ0n) is 8.36. The first-order valence-corrected chi connectivity index (χ1v) is 4.98. The van der Waals surface area contributed by atoms with E-state index in [1.807, 2.05) is 19.3 Å². The third-order valence-electron chi connectivity index (χ3n) is 2.52. The Morgan fingerprint density at radius 1 is 1.43 bits per heavy atom. The van der Waals surface area contributed by atoms with E-state index in [2.05, 4.69) is 15.3 Å². The largest absolute Gasteiger partial charge is 0.381 e. The monoisotopic (exact) mass is 193 g/mol. The minimum absolute atomic E-state index is 0.469. The quantitative estimate of drug-likeness (QED) is 0.771. The van der Waals surface area contributed by atoms with Crippen molar-refractivity contribution < 1.29 is 4.74 Å². The normalized spacial score (nSPS) is 18.1. The topological polar surface area (TPSA) is 47.0 Å². The number of nitrogens with one attached hydrogen (secondary N) is 1. The molecule has 0 radical (unpaired) electrons. The summed E-state index contributed by atoms with van der Waals surface area (Å²) in [6.45, 7) is 1.66. The molecule has 1 aliphatic heterocycles. The molecule has 0 atom stereocenters. The summed E-state index contributed by atoms with van der Waals surface area (Å²) in [5, 5.41) is 3.02. The lowest BCUT2D eigenvalue weighted by Gasteiger charge is -2.20. The van der Waals surface area contributed by atoms with Gasteiger partial charge in [0, 0.05) is 32.4 Å². The second-order valence-electron chi connectivity index (χ2n) is 3.44. The second kappa shape index (κ2) is 4.37. The van der Waals surface area contributed by atoms with Gasteiger partial charge in [0.25, 0.3) is 0 Å². The van der Waals surface area contributed by atoms with Crippen LogP contribution in [0.5, 0.6) is 0 Å². The highest BCUT2D eigenvalue weighted by molar-refractivity contribution is 5.32. The third-order valence-corrected chi connectivity index (χ3v) is 2.52. The number of hydrogen-bond acceptors (Lipinski definition) is 4. The molecule has 1 N–H and O–H groups in total. The van der Waals surface area contributed by atoms with E-state index in [1.54, 1.807) is 0 Å². The Hall–Kier alpha value is -1.16. The fraction of sp³-hybridized carbons (Fsp3) is 0.600. The average Bonchev–Trinajstić information content (AvgIpc) is 2.30. The van der Waals surface area contributed by atoms with Crippen molar-refractivity contribution in [2.24, 2.45) is 0 Å². The van der Waals surface area contributed by atoms with Crippen LogP contribution in [0.2, 0.25) is 0 Å². The van der Waals surface area contributed by atoms with Gasteiger partial charge in [0.05, 0.1) is 0 Å². The van der Waals surface area contributed by atoms with Gasteiger partial charge in [0.1, 0.15) is 11.6 Å². The molecule has 0 aliphatic carbocycles. The van der Waals surface area contributed by atoms with Gasteiger partial charge in [-0.05, 0) is 18.9 Å². The Morgan fingerprint density at radius 3 is 2.93 bits per heavy atom. The van der Waals surface area contributed by atoms with Gasteiger partial charge in [-0.1, -0.05) is 0 Å². The number of rotatable bonds is 2. The molecule has 4 heteroatoms. The van der Waals surface area contributed by atoms with Crippen molar-refractivity contribution in [1.29, 1.82) is 0 Å². The minimum Gasteiger partial charge on any atom is -0.381 e. The first kappa shape index (κ1) is 9.40. The summed E-state index contributed by atoms with van der Waals surface area (Å²) in [6.07, 6.45) is 3.88. The Morgan fingerprint density at radius 2 is 2.21 bits per heavy atom. The van der Waals surface area contributed by atoms with Crippen molar-refractivity contribution in [3.05, 3.63) is 18.1 Å². The molecule has 2 heterocycles. The van der Waals surface area contributed by atoms with E-state index in [9.17, 15) is 0 Å². The van der Waals surface area contributed by atoms with Gasteiger partial charge >= 0.3 is 0 Å². The fourth-order valence-electron chi connectivity index (χ4n) is 1.67. The average molecular weight is 193 g/mol. The number of nitrogens with zero attached hydrogens (tertiary/aromatic N) is 2. The van der Waals surface area contributed by atoms with E-state index in [0.717, 1.165) is 37.7 Å². The summed E-state index contributed by atoms with van der Waals surface area (Å²) >= 11 is 0. The molecule has 1 aliphatic rings. The van der Waals surface area contributed by atoms with Gasteiger partial charge in [0.2, 0.25) is 0 Å². The maximum atomic E-state index is 5.31. The first-order valence-electron chi connectivity index (χ1n) is 4.98. The maximum Gasteiger partial charge on any atom is 0.133 e. The lowest BCUT2D eigenvalue weighted by Crippen LogP contribution is -2.16. The number of aromatic nitrogens is 2. The molecule has 0 aromatic carbocycles. The van der Waals surface area contributed by atoms with E-state index in [-0.39, 0.29) is 0 Å². The molecular formula is C10H15N3O. The summed E-state index contributed by atoms with van der Waals surface area (Å²) in [6, 6.07) is 1.88. The molecule has 4 nitrogen and oxygen atoms in total. The van der Waals surface area contributed by atoms with E-state index >= 15 is 0 Å². The number of anilines is 1. The predicted molar refractivity (Wildman–Crippen MR) is 54.4 cm³/mol. The van der Waals surface area contributed by atoms with Gasteiger partial charge in [-0.15, -0.1) is 0 Å². The molecule has 1 saturated heterocycles. The van der Waals surface area contributed by atoms with E-state index in [4.69, 9.17) is 4.74 Å². The van der Waals surface area contributed by atoms with Gasteiger partial charge in [0.15, 0.2) is 0 Å². The predicted octanol–water partition coefficient (Wildman–Crippen LogP) is 1.41. The van der Waals surface area contributed by atoms with Crippen LogP contribution in [0.4, 0.5) is 5.82 Å². The maximum absolute atomic E-state index is 5.31. The zero-order valence-corrected chi connectivity index (χ0v) is 8.36. The summed E-state index contributed by atoms with van der Waals surface area (Å²) in [7, 11) is 1.87. The van der Waals surface area contributed by atoms with Gasteiger partial charge in [-0.2, -0.15) is 0 Å². The fourth-order valence-corrected chi connectivity index (χ4v) is 1.67. The standard InChI is InChI=1S/C10H15N3O/c1-11-9-2-5-12-10(13-9)8-3-6-14-7-4-8/h2,5,8H,3-4,6-7H2,1H3,(H,11,12,13). The van der Waals surface area contributed by atoms with Gasteiger partial charge < -0.3 is 10.1 Å². The summed E-state index contributed by atoms with van der Waals surface area (Å²) in [5.41, 5.74) is 0. The highest BCUT2D eigenvalue weighted by Gasteiger charge is 2.18. The first-order chi connectivity index (χ1) is 6.90. The molecule has 0 unspecified atom stereocenters. The van der Waals surface area contributed by atoms with Crippen LogP contribution in [-0.4, -0.2) is 30.2 Å². The molecular weight excluding hydrogens is 178 g/mol. The molecule has 2 rings (SSSR count). The molecule has 1 aromatic heterocycles.